The van der Waals surface area contributed by atoms with Crippen molar-refractivity contribution in [1.29, 1.82) is 0 Å². The molecule has 4 heteroatoms. The van der Waals surface area contributed by atoms with Gasteiger partial charge in [-0.3, -0.25) is 14.4 Å². The first-order valence-electron chi connectivity index (χ1n) is 5.89. The molecule has 0 spiro atoms. The maximum absolute atomic E-state index is 12.1. The molecule has 1 N–H and O–H groups in total. The van der Waals surface area contributed by atoms with Crippen molar-refractivity contribution in [3.05, 3.63) is 47.5 Å². The van der Waals surface area contributed by atoms with Gasteiger partial charge >= 0.3 is 5.97 Å². The van der Waals surface area contributed by atoms with E-state index in [0.717, 1.165) is 10.8 Å². The lowest BCUT2D eigenvalue weighted by Crippen LogP contribution is -2.37. The van der Waals surface area contributed by atoms with Crippen molar-refractivity contribution < 1.29 is 19.5 Å². The summed E-state index contributed by atoms with van der Waals surface area (Å²) >= 11 is 0. The summed E-state index contributed by atoms with van der Waals surface area (Å²) in [5.74, 6) is -4.06. The summed E-state index contributed by atoms with van der Waals surface area (Å²) in [4.78, 5) is 34.9. The van der Waals surface area contributed by atoms with Crippen LogP contribution < -0.4 is 0 Å². The maximum atomic E-state index is 12.1. The quantitative estimate of drug-likeness (QED) is 0.788. The Morgan fingerprint density at radius 2 is 1.74 bits per heavy atom. The van der Waals surface area contributed by atoms with E-state index in [0.29, 0.717) is 11.1 Å². The highest BCUT2D eigenvalue weighted by molar-refractivity contribution is 6.26. The standard InChI is InChI=1S/C15H10O4/c16-12-7-10-5-8-3-1-2-4-9(8)6-11(10)14(17)13(12)15(18)19/h1-6,13H,7H2,(H,18,19). The number of carbonyl (C=O) groups excluding carboxylic acids is 2. The Labute approximate surface area is 108 Å². The molecule has 0 saturated carbocycles. The Balaban J connectivity index is 2.23. The summed E-state index contributed by atoms with van der Waals surface area (Å²) in [5.41, 5.74) is 0.969. The molecule has 2 aromatic carbocycles. The number of Topliss-reactive ketones (excluding diaryl/α,β-unsaturated/α-hetero) is 2. The average Bonchev–Trinajstić information content (AvgIpc) is 2.36. The van der Waals surface area contributed by atoms with Crippen molar-refractivity contribution in [1.82, 2.24) is 0 Å². The summed E-state index contributed by atoms with van der Waals surface area (Å²) in [7, 11) is 0. The van der Waals surface area contributed by atoms with E-state index in [9.17, 15) is 14.4 Å². The fourth-order valence-corrected chi connectivity index (χ4v) is 2.50. The summed E-state index contributed by atoms with van der Waals surface area (Å²) in [6.45, 7) is 0. The van der Waals surface area contributed by atoms with Gasteiger partial charge in [0.25, 0.3) is 0 Å². The highest BCUT2D eigenvalue weighted by Crippen LogP contribution is 2.28. The highest BCUT2D eigenvalue weighted by atomic mass is 16.4. The third-order valence-corrected chi connectivity index (χ3v) is 3.43. The van der Waals surface area contributed by atoms with Crippen LogP contribution in [0.4, 0.5) is 0 Å². The molecular weight excluding hydrogens is 244 g/mol. The fourth-order valence-electron chi connectivity index (χ4n) is 2.50. The normalized spacial score (nSPS) is 18.4. The van der Waals surface area contributed by atoms with Gasteiger partial charge in [0.15, 0.2) is 17.5 Å². The lowest BCUT2D eigenvalue weighted by Gasteiger charge is -2.20. The summed E-state index contributed by atoms with van der Waals surface area (Å²) in [5, 5.41) is 10.8. The Hall–Kier alpha value is -2.49. The second-order valence-electron chi connectivity index (χ2n) is 4.64. The predicted molar refractivity (Wildman–Crippen MR) is 68.1 cm³/mol. The van der Waals surface area contributed by atoms with Crippen molar-refractivity contribution in [2.24, 2.45) is 5.92 Å². The number of benzene rings is 2. The SMILES string of the molecule is O=C(O)C1C(=O)Cc2cc3ccccc3cc2C1=O. The molecule has 0 aliphatic heterocycles. The third kappa shape index (κ3) is 1.73. The van der Waals surface area contributed by atoms with Crippen LogP contribution in [-0.2, 0) is 16.0 Å². The lowest BCUT2D eigenvalue weighted by molar-refractivity contribution is -0.144. The molecular formula is C15H10O4. The van der Waals surface area contributed by atoms with Gasteiger partial charge in [-0.2, -0.15) is 0 Å². The molecule has 3 rings (SSSR count). The smallest absolute Gasteiger partial charge is 0.322 e. The molecule has 2 aromatic rings. The van der Waals surface area contributed by atoms with E-state index >= 15 is 0 Å². The number of carboxylic acids is 1. The summed E-state index contributed by atoms with van der Waals surface area (Å²) < 4.78 is 0. The van der Waals surface area contributed by atoms with Crippen LogP contribution in [-0.4, -0.2) is 22.6 Å². The van der Waals surface area contributed by atoms with Crippen LogP contribution in [0.15, 0.2) is 36.4 Å². The van der Waals surface area contributed by atoms with Gasteiger partial charge in [0.2, 0.25) is 0 Å². The van der Waals surface area contributed by atoms with Gasteiger partial charge in [-0.1, -0.05) is 24.3 Å². The predicted octanol–water partition coefficient (Wildman–Crippen LogP) is 1.85. The Morgan fingerprint density at radius 1 is 1.11 bits per heavy atom. The first-order valence-corrected chi connectivity index (χ1v) is 5.89. The van der Waals surface area contributed by atoms with Gasteiger partial charge in [0, 0.05) is 12.0 Å². The maximum Gasteiger partial charge on any atom is 0.322 e. The average molecular weight is 254 g/mol. The van der Waals surface area contributed by atoms with Crippen LogP contribution >= 0.6 is 0 Å². The monoisotopic (exact) mass is 254 g/mol. The van der Waals surface area contributed by atoms with E-state index in [1.54, 1.807) is 12.1 Å². The van der Waals surface area contributed by atoms with Crippen LogP contribution in [0, 0.1) is 5.92 Å². The summed E-state index contributed by atoms with van der Waals surface area (Å²) in [6.07, 6.45) is 0.00285. The molecule has 1 aliphatic carbocycles. The molecule has 0 radical (unpaired) electrons. The second kappa shape index (κ2) is 4.02. The van der Waals surface area contributed by atoms with Crippen LogP contribution in [0.25, 0.3) is 10.8 Å². The van der Waals surface area contributed by atoms with Gasteiger partial charge in [-0.05, 0) is 28.5 Å². The molecule has 0 bridgehead atoms. The fraction of sp³-hybridized carbons (Fsp3) is 0.133. The molecule has 1 atom stereocenters. The Morgan fingerprint density at radius 3 is 2.37 bits per heavy atom. The number of carbonyl (C=O) groups is 3. The van der Waals surface area contributed by atoms with E-state index in [-0.39, 0.29) is 6.42 Å². The first-order chi connectivity index (χ1) is 9.08. The minimum atomic E-state index is -1.55. The van der Waals surface area contributed by atoms with Gasteiger partial charge in [-0.15, -0.1) is 0 Å². The van der Waals surface area contributed by atoms with Crippen molar-refractivity contribution in [2.45, 2.75) is 6.42 Å². The molecule has 0 aromatic heterocycles. The second-order valence-corrected chi connectivity index (χ2v) is 4.64. The highest BCUT2D eigenvalue weighted by Gasteiger charge is 2.39. The number of hydrogen-bond acceptors (Lipinski definition) is 3. The topological polar surface area (TPSA) is 71.4 Å². The van der Waals surface area contributed by atoms with Crippen molar-refractivity contribution >= 4 is 28.3 Å². The molecule has 19 heavy (non-hydrogen) atoms. The zero-order chi connectivity index (χ0) is 13.6. The van der Waals surface area contributed by atoms with E-state index in [4.69, 9.17) is 5.11 Å². The number of fused-ring (bicyclic) bond motifs is 2. The number of ketones is 2. The minimum absolute atomic E-state index is 0.00285. The van der Waals surface area contributed by atoms with Gasteiger partial charge < -0.3 is 5.11 Å². The van der Waals surface area contributed by atoms with Gasteiger partial charge in [-0.25, -0.2) is 0 Å². The molecule has 0 heterocycles. The van der Waals surface area contributed by atoms with Crippen LogP contribution in [0.1, 0.15) is 15.9 Å². The van der Waals surface area contributed by atoms with Gasteiger partial charge in [0.05, 0.1) is 0 Å². The Kier molecular flexibility index (Phi) is 2.45. The molecule has 1 unspecified atom stereocenters. The van der Waals surface area contributed by atoms with E-state index in [1.807, 2.05) is 24.3 Å². The molecule has 0 amide bonds. The zero-order valence-corrected chi connectivity index (χ0v) is 9.92. The van der Waals surface area contributed by atoms with Crippen molar-refractivity contribution in [3.8, 4) is 0 Å². The lowest BCUT2D eigenvalue weighted by atomic mass is 9.80. The number of rotatable bonds is 1. The molecule has 0 saturated heterocycles. The molecule has 0 fully saturated rings. The molecule has 1 aliphatic rings. The zero-order valence-electron chi connectivity index (χ0n) is 9.92. The van der Waals surface area contributed by atoms with Crippen molar-refractivity contribution in [3.63, 3.8) is 0 Å². The number of hydrogen-bond donors (Lipinski definition) is 1. The van der Waals surface area contributed by atoms with E-state index in [2.05, 4.69) is 0 Å². The molecule has 94 valence electrons. The van der Waals surface area contributed by atoms with E-state index < -0.39 is 23.5 Å². The van der Waals surface area contributed by atoms with Gasteiger partial charge in [0.1, 0.15) is 0 Å². The minimum Gasteiger partial charge on any atom is -0.480 e. The Bertz CT molecular complexity index is 730. The first kappa shape index (κ1) is 11.6. The number of carboxylic acid groups (broad SMARTS) is 1. The summed E-state index contributed by atoms with van der Waals surface area (Å²) in [6, 6.07) is 10.9. The number of aliphatic carboxylic acids is 1. The largest absolute Gasteiger partial charge is 0.480 e. The van der Waals surface area contributed by atoms with Crippen LogP contribution in [0.5, 0.6) is 0 Å². The van der Waals surface area contributed by atoms with Crippen LogP contribution in [0.2, 0.25) is 0 Å². The van der Waals surface area contributed by atoms with Crippen LogP contribution in [0.3, 0.4) is 0 Å². The molecule has 4 nitrogen and oxygen atoms in total. The third-order valence-electron chi connectivity index (χ3n) is 3.43. The van der Waals surface area contributed by atoms with Crippen molar-refractivity contribution in [2.75, 3.05) is 0 Å². The van der Waals surface area contributed by atoms with E-state index in [1.165, 1.54) is 0 Å².